The number of aliphatic hydroxyl groups excluding tert-OH is 1. The first kappa shape index (κ1) is 13.7. The SMILES string of the molecule is Cc1nc(NN)cc(NCC(C)(C)CCO)n1. The van der Waals surface area contributed by atoms with Crippen LogP contribution in [0.15, 0.2) is 6.07 Å². The molecule has 1 rings (SSSR count). The third-order valence-electron chi connectivity index (χ3n) is 2.52. The molecule has 0 bridgehead atoms. The zero-order chi connectivity index (χ0) is 12.9. The number of nitrogens with two attached hydrogens (primary N) is 1. The van der Waals surface area contributed by atoms with Crippen molar-refractivity contribution < 1.29 is 5.11 Å². The molecule has 0 aromatic carbocycles. The highest BCUT2D eigenvalue weighted by molar-refractivity contribution is 5.46. The predicted octanol–water partition coefficient (Wildman–Crippen LogP) is 0.891. The largest absolute Gasteiger partial charge is 0.396 e. The third kappa shape index (κ3) is 4.54. The summed E-state index contributed by atoms with van der Waals surface area (Å²) in [4.78, 5) is 8.37. The molecule has 5 N–H and O–H groups in total. The summed E-state index contributed by atoms with van der Waals surface area (Å²) in [6.45, 7) is 6.91. The van der Waals surface area contributed by atoms with Gasteiger partial charge < -0.3 is 15.8 Å². The van der Waals surface area contributed by atoms with Crippen LogP contribution in [0.1, 0.15) is 26.1 Å². The molecule has 0 amide bonds. The molecule has 0 aliphatic carbocycles. The summed E-state index contributed by atoms with van der Waals surface area (Å²) in [5.41, 5.74) is 2.52. The highest BCUT2D eigenvalue weighted by atomic mass is 16.3. The number of hydrogen-bond acceptors (Lipinski definition) is 6. The highest BCUT2D eigenvalue weighted by Crippen LogP contribution is 2.20. The molecule has 0 aliphatic heterocycles. The van der Waals surface area contributed by atoms with Gasteiger partial charge >= 0.3 is 0 Å². The molecule has 1 aromatic rings. The molecule has 0 radical (unpaired) electrons. The maximum Gasteiger partial charge on any atom is 0.145 e. The average molecular weight is 239 g/mol. The van der Waals surface area contributed by atoms with Crippen LogP contribution < -0.4 is 16.6 Å². The summed E-state index contributed by atoms with van der Waals surface area (Å²) in [5, 5.41) is 12.2. The van der Waals surface area contributed by atoms with E-state index in [1.165, 1.54) is 0 Å². The lowest BCUT2D eigenvalue weighted by molar-refractivity contribution is 0.220. The van der Waals surface area contributed by atoms with Crippen LogP contribution in [0.4, 0.5) is 11.6 Å². The van der Waals surface area contributed by atoms with Crippen LogP contribution in [0.3, 0.4) is 0 Å². The highest BCUT2D eigenvalue weighted by Gasteiger charge is 2.17. The normalized spacial score (nSPS) is 11.4. The molecule has 6 nitrogen and oxygen atoms in total. The number of nitrogens with zero attached hydrogens (tertiary/aromatic N) is 2. The van der Waals surface area contributed by atoms with E-state index in [2.05, 4.69) is 34.6 Å². The van der Waals surface area contributed by atoms with Gasteiger partial charge in [-0.15, -0.1) is 0 Å². The first-order valence-electron chi connectivity index (χ1n) is 5.64. The van der Waals surface area contributed by atoms with Crippen molar-refractivity contribution in [1.82, 2.24) is 9.97 Å². The van der Waals surface area contributed by atoms with Crippen LogP contribution in [0, 0.1) is 12.3 Å². The third-order valence-corrected chi connectivity index (χ3v) is 2.52. The van der Waals surface area contributed by atoms with Crippen molar-refractivity contribution in [3.05, 3.63) is 11.9 Å². The second-order valence-electron chi connectivity index (χ2n) is 4.82. The molecule has 6 heteroatoms. The van der Waals surface area contributed by atoms with Crippen LogP contribution >= 0.6 is 0 Å². The van der Waals surface area contributed by atoms with Gasteiger partial charge in [-0.25, -0.2) is 15.8 Å². The molecule has 0 atom stereocenters. The van der Waals surface area contributed by atoms with Gasteiger partial charge in [-0.3, -0.25) is 0 Å². The molecule has 0 spiro atoms. The first-order valence-corrected chi connectivity index (χ1v) is 5.64. The second kappa shape index (κ2) is 5.79. The molecular weight excluding hydrogens is 218 g/mol. The van der Waals surface area contributed by atoms with Crippen molar-refractivity contribution in [2.75, 3.05) is 23.9 Å². The van der Waals surface area contributed by atoms with Gasteiger partial charge in [0.2, 0.25) is 0 Å². The summed E-state index contributed by atoms with van der Waals surface area (Å²) in [5.74, 6) is 7.29. The van der Waals surface area contributed by atoms with Gasteiger partial charge in [0.25, 0.3) is 0 Å². The lowest BCUT2D eigenvalue weighted by Gasteiger charge is -2.24. The number of nitrogen functional groups attached to an aromatic ring is 1. The number of nitrogens with one attached hydrogen (secondary N) is 2. The fourth-order valence-corrected chi connectivity index (χ4v) is 1.45. The molecule has 0 aliphatic rings. The van der Waals surface area contributed by atoms with Gasteiger partial charge in [0.15, 0.2) is 0 Å². The average Bonchev–Trinajstić information content (AvgIpc) is 2.26. The zero-order valence-electron chi connectivity index (χ0n) is 10.6. The summed E-state index contributed by atoms with van der Waals surface area (Å²) in [6.07, 6.45) is 0.742. The maximum absolute atomic E-state index is 8.95. The van der Waals surface area contributed by atoms with E-state index in [1.54, 1.807) is 6.07 Å². The fourth-order valence-electron chi connectivity index (χ4n) is 1.45. The molecule has 0 unspecified atom stereocenters. The molecule has 0 saturated heterocycles. The van der Waals surface area contributed by atoms with Crippen LogP contribution in [-0.4, -0.2) is 28.2 Å². The van der Waals surface area contributed by atoms with E-state index in [0.717, 1.165) is 18.8 Å². The number of anilines is 2. The van der Waals surface area contributed by atoms with Gasteiger partial charge in [-0.1, -0.05) is 13.8 Å². The number of aliphatic hydroxyl groups is 1. The zero-order valence-corrected chi connectivity index (χ0v) is 10.6. The van der Waals surface area contributed by atoms with E-state index in [1.807, 2.05) is 6.92 Å². The summed E-state index contributed by atoms with van der Waals surface area (Å²) in [6, 6.07) is 1.75. The number of hydrogen-bond donors (Lipinski definition) is 4. The lowest BCUT2D eigenvalue weighted by atomic mass is 9.90. The van der Waals surface area contributed by atoms with E-state index in [4.69, 9.17) is 10.9 Å². The van der Waals surface area contributed by atoms with E-state index in [9.17, 15) is 0 Å². The molecule has 1 heterocycles. The number of hydrazine groups is 1. The Morgan fingerprint density at radius 3 is 2.59 bits per heavy atom. The number of rotatable bonds is 6. The minimum Gasteiger partial charge on any atom is -0.396 e. The predicted molar refractivity (Wildman–Crippen MR) is 68.6 cm³/mol. The number of aryl methyl sites for hydroxylation is 1. The Morgan fingerprint density at radius 1 is 1.35 bits per heavy atom. The Labute approximate surface area is 102 Å². The molecule has 0 fully saturated rings. The van der Waals surface area contributed by atoms with Gasteiger partial charge in [-0.2, -0.15) is 0 Å². The van der Waals surface area contributed by atoms with Crippen molar-refractivity contribution in [2.45, 2.75) is 27.2 Å². The Bertz CT molecular complexity index is 367. The van der Waals surface area contributed by atoms with E-state index >= 15 is 0 Å². The van der Waals surface area contributed by atoms with Crippen LogP contribution in [0.2, 0.25) is 0 Å². The van der Waals surface area contributed by atoms with Crippen molar-refractivity contribution in [3.63, 3.8) is 0 Å². The summed E-state index contributed by atoms with van der Waals surface area (Å²) in [7, 11) is 0. The quantitative estimate of drug-likeness (QED) is 0.435. The Kier molecular flexibility index (Phi) is 4.65. The van der Waals surface area contributed by atoms with Crippen molar-refractivity contribution in [3.8, 4) is 0 Å². The topological polar surface area (TPSA) is 96.1 Å². The summed E-state index contributed by atoms with van der Waals surface area (Å²) >= 11 is 0. The van der Waals surface area contributed by atoms with Crippen molar-refractivity contribution in [2.24, 2.45) is 11.3 Å². The van der Waals surface area contributed by atoms with Gasteiger partial charge in [0.1, 0.15) is 17.5 Å². The minimum absolute atomic E-state index is 0.0178. The molecule has 17 heavy (non-hydrogen) atoms. The Balaban J connectivity index is 2.65. The van der Waals surface area contributed by atoms with Crippen LogP contribution in [0.5, 0.6) is 0 Å². The smallest absolute Gasteiger partial charge is 0.145 e. The van der Waals surface area contributed by atoms with Crippen molar-refractivity contribution >= 4 is 11.6 Å². The molecule has 96 valence electrons. The summed E-state index contributed by atoms with van der Waals surface area (Å²) < 4.78 is 0. The second-order valence-corrected chi connectivity index (χ2v) is 4.82. The molecule has 0 saturated carbocycles. The van der Waals surface area contributed by atoms with E-state index in [-0.39, 0.29) is 12.0 Å². The first-order chi connectivity index (χ1) is 7.96. The number of aromatic nitrogens is 2. The van der Waals surface area contributed by atoms with Crippen LogP contribution in [-0.2, 0) is 0 Å². The van der Waals surface area contributed by atoms with Gasteiger partial charge in [-0.05, 0) is 18.8 Å². The fraction of sp³-hybridized carbons (Fsp3) is 0.636. The molecular formula is C11H21N5O. The van der Waals surface area contributed by atoms with Gasteiger partial charge in [0, 0.05) is 19.2 Å². The maximum atomic E-state index is 8.95. The van der Waals surface area contributed by atoms with E-state index in [0.29, 0.717) is 11.6 Å². The van der Waals surface area contributed by atoms with Crippen molar-refractivity contribution in [1.29, 1.82) is 0 Å². The lowest BCUT2D eigenvalue weighted by Crippen LogP contribution is -2.25. The van der Waals surface area contributed by atoms with Gasteiger partial charge in [0.05, 0.1) is 0 Å². The standard InChI is InChI=1S/C11H21N5O/c1-8-14-9(6-10(15-8)16-12)13-7-11(2,3)4-5-17/h6,17H,4-5,7,12H2,1-3H3,(H2,13,14,15,16). The monoisotopic (exact) mass is 239 g/mol. The Morgan fingerprint density at radius 2 is 2.00 bits per heavy atom. The minimum atomic E-state index is 0.0178. The molecule has 1 aromatic heterocycles. The van der Waals surface area contributed by atoms with E-state index < -0.39 is 0 Å². The van der Waals surface area contributed by atoms with Crippen LogP contribution in [0.25, 0.3) is 0 Å². The Hall–Kier alpha value is -1.40.